The molecule has 0 aromatic rings. The lowest BCUT2D eigenvalue weighted by Gasteiger charge is -2.27. The number of carbonyl (C=O) groups is 4. The second kappa shape index (κ2) is 32.7. The number of hydrogen-bond acceptors (Lipinski definition) is 15. The number of nitrogens with zero attached hydrogens (tertiary/aromatic N) is 6. The molecule has 0 unspecified atom stereocenters. The highest BCUT2D eigenvalue weighted by Gasteiger charge is 2.23. The van der Waals surface area contributed by atoms with Gasteiger partial charge in [-0.25, -0.2) is 0 Å². The molecule has 2 saturated heterocycles. The van der Waals surface area contributed by atoms with Gasteiger partial charge in [0.05, 0.1) is 38.9 Å². The molecule has 318 valence electrons. The minimum absolute atomic E-state index is 0. The van der Waals surface area contributed by atoms with E-state index in [1.807, 2.05) is 46.4 Å². The highest BCUT2D eigenvalue weighted by atomic mass is 79.9. The summed E-state index contributed by atoms with van der Waals surface area (Å²) in [5.74, 6) is -2.21. The number of aliphatic hydroxyl groups is 2. The molecule has 0 atom stereocenters. The van der Waals surface area contributed by atoms with E-state index in [4.69, 9.17) is 35.2 Å². The average Bonchev–Trinajstić information content (AvgIpc) is 3.17. The van der Waals surface area contributed by atoms with E-state index in [1.54, 1.807) is 15.9 Å². The molecule has 0 radical (unpaired) electrons. The number of aliphatic hydroxyl groups excluding tert-OH is 2. The molecule has 0 aromatic carbocycles. The molecule has 2 heterocycles. The van der Waals surface area contributed by atoms with Gasteiger partial charge in [0, 0.05) is 104 Å². The monoisotopic (exact) mass is 841 g/mol. The fourth-order valence-corrected chi connectivity index (χ4v) is 5.09. The van der Waals surface area contributed by atoms with Crippen molar-refractivity contribution in [3.8, 4) is 6.07 Å². The maximum Gasteiger partial charge on any atom is 0.320 e. The molecule has 0 spiro atoms. The Kier molecular flexibility index (Phi) is 33.9. The number of nitriles is 1. The van der Waals surface area contributed by atoms with Gasteiger partial charge in [-0.15, -0.1) is 0 Å². The number of rotatable bonds is 12. The quantitative estimate of drug-likeness (QED) is 0.136. The van der Waals surface area contributed by atoms with E-state index in [1.165, 1.54) is 6.92 Å². The Balaban J connectivity index is -0.000000801. The molecule has 18 heteroatoms. The summed E-state index contributed by atoms with van der Waals surface area (Å²) < 4.78 is 10.8. The van der Waals surface area contributed by atoms with Gasteiger partial charge in [0.15, 0.2) is 0 Å². The number of esters is 2. The van der Waals surface area contributed by atoms with Crippen LogP contribution in [0.15, 0.2) is 0 Å². The summed E-state index contributed by atoms with van der Waals surface area (Å²) >= 11 is 3.15. The molecule has 2 aliphatic heterocycles. The van der Waals surface area contributed by atoms with Gasteiger partial charge < -0.3 is 35.2 Å². The van der Waals surface area contributed by atoms with Crippen LogP contribution in [0.5, 0.6) is 0 Å². The molecule has 0 saturated carbocycles. The lowest BCUT2D eigenvalue weighted by atomic mass is 10.2. The molecule has 5 N–H and O–H groups in total. The third-order valence-electron chi connectivity index (χ3n) is 7.11. The third-order valence-corrected chi connectivity index (χ3v) is 7.67. The molecule has 54 heavy (non-hydrogen) atoms. The first kappa shape index (κ1) is 55.9. The maximum atomic E-state index is 12.1. The molecule has 0 aliphatic carbocycles. The Bertz CT molecular complexity index is 984. The van der Waals surface area contributed by atoms with Crippen molar-refractivity contribution in [2.24, 2.45) is 0 Å². The van der Waals surface area contributed by atoms with E-state index in [9.17, 15) is 19.2 Å². The highest BCUT2D eigenvalue weighted by Crippen LogP contribution is 2.09. The van der Waals surface area contributed by atoms with Crippen LogP contribution in [0.25, 0.3) is 0 Å². The van der Waals surface area contributed by atoms with E-state index < -0.39 is 23.1 Å². The second-order valence-corrected chi connectivity index (χ2v) is 15.2. The van der Waals surface area contributed by atoms with Gasteiger partial charge in [0.1, 0.15) is 11.2 Å². The van der Waals surface area contributed by atoms with Crippen LogP contribution in [-0.2, 0) is 28.7 Å². The van der Waals surface area contributed by atoms with Gasteiger partial charge in [-0.05, 0) is 48.0 Å². The van der Waals surface area contributed by atoms with Crippen LogP contribution in [0, 0.1) is 11.3 Å². The van der Waals surface area contributed by atoms with Crippen molar-refractivity contribution in [2.45, 2.75) is 73.5 Å². The highest BCUT2D eigenvalue weighted by molar-refractivity contribution is 9.09. The molecule has 2 aliphatic rings. The van der Waals surface area contributed by atoms with Gasteiger partial charge in [0.25, 0.3) is 0 Å². The summed E-state index contributed by atoms with van der Waals surface area (Å²) in [6.07, 6.45) is 0.861. The number of aliphatic carboxylic acids is 2. The topological polar surface area (TPSA) is 220 Å². The number of ether oxygens (including phenoxy) is 2. The van der Waals surface area contributed by atoms with Gasteiger partial charge in [0.2, 0.25) is 0 Å². The van der Waals surface area contributed by atoms with Crippen molar-refractivity contribution in [3.05, 3.63) is 0 Å². The fraction of sp³-hybridized carbons (Fsp3) is 0.861. The van der Waals surface area contributed by atoms with Crippen molar-refractivity contribution in [1.82, 2.24) is 29.8 Å². The van der Waals surface area contributed by atoms with Gasteiger partial charge in [-0.1, -0.05) is 23.4 Å². The molecule has 0 bridgehead atoms. The summed E-state index contributed by atoms with van der Waals surface area (Å²) in [7, 11) is 0. The van der Waals surface area contributed by atoms with Crippen LogP contribution in [0.2, 0.25) is 0 Å². The van der Waals surface area contributed by atoms with E-state index >= 15 is 0 Å². The predicted molar refractivity (Wildman–Crippen MR) is 213 cm³/mol. The van der Waals surface area contributed by atoms with E-state index in [-0.39, 0.29) is 52.2 Å². The minimum Gasteiger partial charge on any atom is -0.480 e. The van der Waals surface area contributed by atoms with Crippen LogP contribution < -0.4 is 5.32 Å². The molecule has 0 aromatic heterocycles. The zero-order valence-electron chi connectivity index (χ0n) is 33.1. The van der Waals surface area contributed by atoms with Gasteiger partial charge >= 0.3 is 23.9 Å². The van der Waals surface area contributed by atoms with Gasteiger partial charge in [-0.3, -0.25) is 43.7 Å². The second-order valence-electron chi connectivity index (χ2n) is 14.4. The van der Waals surface area contributed by atoms with Crippen molar-refractivity contribution in [3.63, 3.8) is 0 Å². The molecular formula is C36H72BrN7O10. The Morgan fingerprint density at radius 1 is 0.648 bits per heavy atom. The van der Waals surface area contributed by atoms with E-state index in [2.05, 4.69) is 31.0 Å². The minimum atomic E-state index is -0.886. The molecule has 17 nitrogen and oxygen atoms in total. The van der Waals surface area contributed by atoms with E-state index in [0.29, 0.717) is 65.5 Å². The molecular weight excluding hydrogens is 770 g/mol. The van der Waals surface area contributed by atoms with Crippen LogP contribution in [0.1, 0.15) is 62.3 Å². The Morgan fingerprint density at radius 3 is 1.20 bits per heavy atom. The standard InChI is InChI=1S/C18H35N3O4.C12H23N3O5.C3H7BrO.C2H3N.CH4/c1-17(2,3)24-15(22)13-20-9-7-19-8-10-21(12-11-20)14-16(23)25-18(4,5)6;16-8-7-13-1-3-14(9-11(17)18)5-6-15(4-2-13)10-12(19)20;4-2-1-3-5;1-2-3;/h19H,7-14H2,1-6H3;16H,1-10H2,(H,17,18)(H,19,20);5H,1-3H2;1H3;1H4. The number of halogens is 1. The molecule has 0 amide bonds. The number of alkyl halides is 1. The Morgan fingerprint density at radius 2 is 0.963 bits per heavy atom. The maximum absolute atomic E-state index is 12.1. The number of carbonyl (C=O) groups excluding carboxylic acids is 2. The fourth-order valence-electron chi connectivity index (χ4n) is 4.84. The van der Waals surface area contributed by atoms with E-state index in [0.717, 1.165) is 37.9 Å². The lowest BCUT2D eigenvalue weighted by Crippen LogP contribution is -2.42. The summed E-state index contributed by atoms with van der Waals surface area (Å²) in [5, 5.41) is 46.4. The zero-order chi connectivity index (χ0) is 40.9. The van der Waals surface area contributed by atoms with Crippen molar-refractivity contribution in [2.75, 3.05) is 130 Å². The first-order valence-corrected chi connectivity index (χ1v) is 19.2. The van der Waals surface area contributed by atoms with Crippen molar-refractivity contribution >= 4 is 39.8 Å². The summed E-state index contributed by atoms with van der Waals surface area (Å²) in [6, 6.07) is 1.75. The lowest BCUT2D eigenvalue weighted by molar-refractivity contribution is -0.158. The number of carboxylic acid groups (broad SMARTS) is 2. The number of hydrogen-bond donors (Lipinski definition) is 5. The first-order chi connectivity index (χ1) is 24.8. The first-order valence-electron chi connectivity index (χ1n) is 18.1. The Hall–Kier alpha value is -2.47. The van der Waals surface area contributed by atoms with Crippen molar-refractivity contribution < 1.29 is 49.1 Å². The largest absolute Gasteiger partial charge is 0.480 e. The SMILES string of the molecule is C.CC#N.CC(C)(C)OC(=O)CN1CCNCCN(CC(=O)OC(C)(C)C)CC1.O=C(O)CN1CCN(CCO)CCN(CC(=O)O)CC1.OCCCBr. The summed E-state index contributed by atoms with van der Waals surface area (Å²) in [5.41, 5.74) is -0.949. The van der Waals surface area contributed by atoms with Crippen molar-refractivity contribution in [1.29, 1.82) is 5.26 Å². The third kappa shape index (κ3) is 36.5. The zero-order valence-corrected chi connectivity index (χ0v) is 34.7. The van der Waals surface area contributed by atoms with Gasteiger partial charge in [-0.2, -0.15) is 5.26 Å². The van der Waals surface area contributed by atoms with Crippen LogP contribution in [0.4, 0.5) is 0 Å². The molecule has 2 fully saturated rings. The summed E-state index contributed by atoms with van der Waals surface area (Å²) in [4.78, 5) is 55.5. The normalized spacial score (nSPS) is 17.1. The number of β-amino-alcohol motifs (C(OH)–C–C–N with tert-alkyl or cyclic N) is 1. The van der Waals surface area contributed by atoms with Crippen LogP contribution in [-0.4, -0.2) is 210 Å². The molecule has 2 rings (SSSR count). The smallest absolute Gasteiger partial charge is 0.320 e. The predicted octanol–water partition coefficient (Wildman–Crippen LogP) is 0.874. The van der Waals surface area contributed by atoms with Crippen LogP contribution >= 0.6 is 15.9 Å². The summed E-state index contributed by atoms with van der Waals surface area (Å²) in [6.45, 7) is 22.1. The number of nitrogens with one attached hydrogen (secondary N) is 1. The number of carboxylic acids is 2. The van der Waals surface area contributed by atoms with Crippen LogP contribution in [0.3, 0.4) is 0 Å². The Labute approximate surface area is 332 Å². The average molecular weight is 843 g/mol.